The van der Waals surface area contributed by atoms with E-state index in [2.05, 4.69) is 12.2 Å². The van der Waals surface area contributed by atoms with Crippen molar-refractivity contribution in [1.29, 1.82) is 0 Å². The molecule has 0 fully saturated rings. The Balaban J connectivity index is 3.60. The first-order valence-electron chi connectivity index (χ1n) is 12.2. The molecule has 0 aliphatic carbocycles. The maximum atomic E-state index is 12.0. The van der Waals surface area contributed by atoms with Gasteiger partial charge in [0.25, 0.3) is 0 Å². The molecule has 0 aliphatic rings. The van der Waals surface area contributed by atoms with Crippen molar-refractivity contribution in [3.8, 4) is 0 Å². The molecule has 0 spiro atoms. The third kappa shape index (κ3) is 22.8. The van der Waals surface area contributed by atoms with Crippen LogP contribution in [0.25, 0.3) is 0 Å². The molecular weight excluding hydrogens is 410 g/mol. The second-order valence-electron chi connectivity index (χ2n) is 9.66. The van der Waals surface area contributed by atoms with E-state index in [4.69, 9.17) is 14.9 Å². The maximum Gasteiger partial charge on any atom is 0.307 e. The minimum absolute atomic E-state index is 0.150. The fourth-order valence-corrected chi connectivity index (χ4v) is 3.56. The highest BCUT2D eigenvalue weighted by molar-refractivity contribution is 5.71. The summed E-state index contributed by atoms with van der Waals surface area (Å²) < 4.78 is 5.95. The van der Waals surface area contributed by atoms with Crippen molar-refractivity contribution in [2.75, 3.05) is 27.7 Å². The highest BCUT2D eigenvalue weighted by atomic mass is 16.5. The van der Waals surface area contributed by atoms with E-state index in [-0.39, 0.29) is 18.8 Å². The molecular formula is C25H46NO6+. The normalized spacial score (nSPS) is 12.7. The van der Waals surface area contributed by atoms with Gasteiger partial charge in [0, 0.05) is 12.8 Å². The summed E-state index contributed by atoms with van der Waals surface area (Å²) in [6.07, 6.45) is 17.0. The van der Waals surface area contributed by atoms with E-state index >= 15 is 0 Å². The zero-order valence-electron chi connectivity index (χ0n) is 20.5. The number of carbonyl (C=O) groups excluding carboxylic acids is 1. The number of esters is 1. The summed E-state index contributed by atoms with van der Waals surface area (Å²) in [5, 5.41) is 17.6. The summed E-state index contributed by atoms with van der Waals surface area (Å²) in [6.45, 7) is 0.486. The minimum atomic E-state index is -0.945. The van der Waals surface area contributed by atoms with Gasteiger partial charge in [-0.2, -0.15) is 0 Å². The molecule has 7 heteroatoms. The number of quaternary nitrogens is 1. The minimum Gasteiger partial charge on any atom is -0.481 e. The molecule has 0 aromatic carbocycles. The average Bonchev–Trinajstić information content (AvgIpc) is 2.65. The lowest BCUT2D eigenvalue weighted by Crippen LogP contribution is -2.43. The molecule has 186 valence electrons. The van der Waals surface area contributed by atoms with Crippen LogP contribution in [-0.2, 0) is 19.1 Å². The number of carbonyl (C=O) groups is 3. The van der Waals surface area contributed by atoms with Gasteiger partial charge in [0.2, 0.25) is 0 Å². The van der Waals surface area contributed by atoms with Crippen LogP contribution in [-0.4, -0.2) is 66.4 Å². The van der Waals surface area contributed by atoms with Crippen molar-refractivity contribution < 1.29 is 33.8 Å². The van der Waals surface area contributed by atoms with Crippen molar-refractivity contribution in [2.24, 2.45) is 0 Å². The highest BCUT2D eigenvalue weighted by Crippen LogP contribution is 2.12. The molecule has 0 aromatic rings. The first-order chi connectivity index (χ1) is 15.1. The summed E-state index contributed by atoms with van der Waals surface area (Å²) in [5.41, 5.74) is 0. The van der Waals surface area contributed by atoms with Gasteiger partial charge in [-0.05, 0) is 38.5 Å². The standard InChI is InChI=1S/C25H45NO6/c1-26(2,3)21-22(20-24(29)30)32-25(31)19-17-15-13-11-9-7-5-4-6-8-10-12-14-16-18-23(27)28/h6,8,22H,4-5,7,9-21H2,1-3H3,(H-,27,28,29,30)/p+1/b8-6+. The fourth-order valence-electron chi connectivity index (χ4n) is 3.56. The molecule has 7 nitrogen and oxygen atoms in total. The van der Waals surface area contributed by atoms with Crippen LogP contribution in [0.15, 0.2) is 12.2 Å². The summed E-state index contributed by atoms with van der Waals surface area (Å²) in [7, 11) is 5.85. The van der Waals surface area contributed by atoms with E-state index in [1.807, 2.05) is 21.1 Å². The summed E-state index contributed by atoms with van der Waals surface area (Å²) in [4.78, 5) is 33.4. The van der Waals surface area contributed by atoms with Gasteiger partial charge in [0.05, 0.1) is 27.6 Å². The number of allylic oxidation sites excluding steroid dienone is 2. The van der Waals surface area contributed by atoms with Crippen LogP contribution < -0.4 is 0 Å². The number of aliphatic carboxylic acids is 2. The quantitative estimate of drug-likeness (QED) is 0.107. The second kappa shape index (κ2) is 18.7. The lowest BCUT2D eigenvalue weighted by atomic mass is 10.1. The lowest BCUT2D eigenvalue weighted by molar-refractivity contribution is -0.873. The third-order valence-corrected chi connectivity index (χ3v) is 5.13. The molecule has 0 aromatic heterocycles. The third-order valence-electron chi connectivity index (χ3n) is 5.13. The first-order valence-corrected chi connectivity index (χ1v) is 12.2. The SMILES string of the molecule is C[N+](C)(C)CC(CC(=O)O)OC(=O)CCCCCCCCC/C=C/CCCCCC(=O)O. The van der Waals surface area contributed by atoms with Crippen LogP contribution in [0.5, 0.6) is 0 Å². The largest absolute Gasteiger partial charge is 0.481 e. The Kier molecular flexibility index (Phi) is 17.6. The van der Waals surface area contributed by atoms with Gasteiger partial charge < -0.3 is 19.4 Å². The molecule has 0 bridgehead atoms. The average molecular weight is 457 g/mol. The number of hydrogen-bond donors (Lipinski definition) is 2. The van der Waals surface area contributed by atoms with Crippen LogP contribution in [0, 0.1) is 0 Å². The van der Waals surface area contributed by atoms with Gasteiger partial charge in [0.1, 0.15) is 6.54 Å². The Morgan fingerprint density at radius 3 is 1.69 bits per heavy atom. The van der Waals surface area contributed by atoms with Crippen LogP contribution in [0.4, 0.5) is 0 Å². The molecule has 1 atom stereocenters. The van der Waals surface area contributed by atoms with E-state index in [1.54, 1.807) is 0 Å². The Morgan fingerprint density at radius 1 is 0.719 bits per heavy atom. The molecule has 0 radical (unpaired) electrons. The van der Waals surface area contributed by atoms with Gasteiger partial charge in [-0.3, -0.25) is 14.4 Å². The molecule has 32 heavy (non-hydrogen) atoms. The zero-order chi connectivity index (χ0) is 24.2. The first kappa shape index (κ1) is 30.1. The molecule has 0 amide bonds. The number of carboxylic acid groups (broad SMARTS) is 2. The molecule has 0 saturated heterocycles. The maximum absolute atomic E-state index is 12.0. The molecule has 1 unspecified atom stereocenters. The zero-order valence-corrected chi connectivity index (χ0v) is 20.5. The van der Waals surface area contributed by atoms with Crippen LogP contribution >= 0.6 is 0 Å². The number of unbranched alkanes of at least 4 members (excludes halogenated alkanes) is 10. The van der Waals surface area contributed by atoms with Crippen LogP contribution in [0.3, 0.4) is 0 Å². The van der Waals surface area contributed by atoms with Crippen LogP contribution in [0.2, 0.25) is 0 Å². The van der Waals surface area contributed by atoms with E-state index < -0.39 is 18.0 Å². The van der Waals surface area contributed by atoms with Crippen LogP contribution in [0.1, 0.15) is 96.3 Å². The molecule has 0 saturated carbocycles. The van der Waals surface area contributed by atoms with E-state index in [9.17, 15) is 14.4 Å². The van der Waals surface area contributed by atoms with Gasteiger partial charge in [-0.1, -0.05) is 50.7 Å². The molecule has 0 rings (SSSR count). The van der Waals surface area contributed by atoms with Crippen molar-refractivity contribution in [3.63, 3.8) is 0 Å². The Labute approximate surface area is 194 Å². The van der Waals surface area contributed by atoms with Gasteiger partial charge in [-0.25, -0.2) is 0 Å². The molecule has 0 aliphatic heterocycles. The Bertz CT molecular complexity index is 553. The van der Waals surface area contributed by atoms with Crippen molar-refractivity contribution in [1.82, 2.24) is 0 Å². The number of hydrogen-bond acceptors (Lipinski definition) is 4. The van der Waals surface area contributed by atoms with Gasteiger partial charge >= 0.3 is 17.9 Å². The van der Waals surface area contributed by atoms with Gasteiger partial charge in [-0.15, -0.1) is 0 Å². The predicted octanol–water partition coefficient (Wildman–Crippen LogP) is 5.18. The van der Waals surface area contributed by atoms with Crippen molar-refractivity contribution in [2.45, 2.75) is 102 Å². The number of carboxylic acids is 2. The van der Waals surface area contributed by atoms with E-state index in [0.717, 1.165) is 51.4 Å². The van der Waals surface area contributed by atoms with Crippen molar-refractivity contribution in [3.05, 3.63) is 12.2 Å². The monoisotopic (exact) mass is 456 g/mol. The lowest BCUT2D eigenvalue weighted by Gasteiger charge is -2.28. The molecule has 2 N–H and O–H groups in total. The van der Waals surface area contributed by atoms with E-state index in [0.29, 0.717) is 17.4 Å². The summed E-state index contributed by atoms with van der Waals surface area (Å²) in [5.74, 6) is -1.95. The second-order valence-corrected chi connectivity index (χ2v) is 9.66. The fraction of sp³-hybridized carbons (Fsp3) is 0.800. The Morgan fingerprint density at radius 2 is 1.19 bits per heavy atom. The smallest absolute Gasteiger partial charge is 0.307 e. The van der Waals surface area contributed by atoms with E-state index in [1.165, 1.54) is 25.7 Å². The molecule has 0 heterocycles. The number of nitrogens with zero attached hydrogens (tertiary/aromatic N) is 1. The highest BCUT2D eigenvalue weighted by Gasteiger charge is 2.24. The van der Waals surface area contributed by atoms with Gasteiger partial charge in [0.15, 0.2) is 6.10 Å². The number of likely N-dealkylation sites (N-methyl/N-ethyl adjacent to an activating group) is 1. The predicted molar refractivity (Wildman–Crippen MR) is 126 cm³/mol. The summed E-state index contributed by atoms with van der Waals surface area (Å²) >= 11 is 0. The topological polar surface area (TPSA) is 101 Å². The van der Waals surface area contributed by atoms with Crippen molar-refractivity contribution >= 4 is 17.9 Å². The summed E-state index contributed by atoms with van der Waals surface area (Å²) in [6, 6.07) is 0. The number of rotatable bonds is 21. The Hall–Kier alpha value is -1.89. The number of ether oxygens (including phenoxy) is 1.